The van der Waals surface area contributed by atoms with E-state index in [0.717, 1.165) is 18.6 Å². The van der Waals surface area contributed by atoms with Crippen LogP contribution in [-0.4, -0.2) is 14.5 Å². The molecule has 1 saturated carbocycles. The van der Waals surface area contributed by atoms with Gasteiger partial charge in [0.25, 0.3) is 0 Å². The van der Waals surface area contributed by atoms with E-state index in [1.165, 1.54) is 24.3 Å². The van der Waals surface area contributed by atoms with Crippen molar-refractivity contribution in [3.63, 3.8) is 0 Å². The molecule has 26 heavy (non-hydrogen) atoms. The minimum absolute atomic E-state index is 0.0547. The lowest BCUT2D eigenvalue weighted by molar-refractivity contribution is 0.137. The van der Waals surface area contributed by atoms with Gasteiger partial charge in [-0.25, -0.2) is 17.2 Å². The molecule has 138 valence electrons. The summed E-state index contributed by atoms with van der Waals surface area (Å²) < 4.78 is 60.6. The lowest BCUT2D eigenvalue weighted by Gasteiger charge is -2.40. The van der Waals surface area contributed by atoms with Crippen LogP contribution in [-0.2, 0) is 14.6 Å². The van der Waals surface area contributed by atoms with E-state index in [-0.39, 0.29) is 29.1 Å². The van der Waals surface area contributed by atoms with E-state index < -0.39 is 32.3 Å². The molecule has 1 fully saturated rings. The first-order valence-corrected chi connectivity index (χ1v) is 10.4. The van der Waals surface area contributed by atoms with Crippen LogP contribution in [0, 0.1) is 11.6 Å². The van der Waals surface area contributed by atoms with Crippen molar-refractivity contribution < 1.29 is 21.9 Å². The van der Waals surface area contributed by atoms with Gasteiger partial charge in [0.15, 0.2) is 21.4 Å². The number of fused-ring (bicyclic) bond motifs is 4. The van der Waals surface area contributed by atoms with Gasteiger partial charge in [-0.2, -0.15) is 0 Å². The highest BCUT2D eigenvalue weighted by Crippen LogP contribution is 2.54. The van der Waals surface area contributed by atoms with Gasteiger partial charge in [-0.05, 0) is 55.7 Å². The van der Waals surface area contributed by atoms with E-state index in [1.807, 2.05) is 0 Å². The van der Waals surface area contributed by atoms with Crippen molar-refractivity contribution >= 4 is 21.4 Å². The second kappa shape index (κ2) is 6.20. The Morgan fingerprint density at radius 2 is 1.73 bits per heavy atom. The number of benzene rings is 2. The summed E-state index contributed by atoms with van der Waals surface area (Å²) in [5, 5.41) is 0.407. The van der Waals surface area contributed by atoms with Crippen molar-refractivity contribution in [1.82, 2.24) is 0 Å². The average molecular weight is 399 g/mol. The lowest BCUT2D eigenvalue weighted by atomic mass is 9.86. The Morgan fingerprint density at radius 3 is 2.46 bits per heavy atom. The Kier molecular flexibility index (Phi) is 4.23. The first kappa shape index (κ1) is 17.7. The molecule has 4 rings (SSSR count). The molecule has 1 aliphatic heterocycles. The smallest absolute Gasteiger partial charge is 0.188 e. The van der Waals surface area contributed by atoms with Crippen molar-refractivity contribution in [3.8, 4) is 5.75 Å². The Morgan fingerprint density at radius 1 is 1.04 bits per heavy atom. The number of sulfone groups is 1. The molecule has 2 aromatic rings. The number of ether oxygens (including phenoxy) is 1. The predicted octanol–water partition coefficient (Wildman–Crippen LogP) is 5.01. The number of rotatable bonds is 2. The molecular weight excluding hydrogens is 382 g/mol. The van der Waals surface area contributed by atoms with Gasteiger partial charge >= 0.3 is 0 Å². The van der Waals surface area contributed by atoms with Crippen LogP contribution in [0.25, 0.3) is 0 Å². The van der Waals surface area contributed by atoms with Crippen molar-refractivity contribution in [3.05, 3.63) is 58.6 Å². The van der Waals surface area contributed by atoms with Crippen LogP contribution in [0.5, 0.6) is 5.75 Å². The highest BCUT2D eigenvalue weighted by Gasteiger charge is 2.54. The normalized spacial score (nSPS) is 25.1. The summed E-state index contributed by atoms with van der Waals surface area (Å²) in [6.45, 7) is 0. The van der Waals surface area contributed by atoms with E-state index in [4.69, 9.17) is 16.3 Å². The lowest BCUT2D eigenvalue weighted by Crippen LogP contribution is -2.44. The first-order valence-electron chi connectivity index (χ1n) is 8.50. The van der Waals surface area contributed by atoms with Crippen LogP contribution in [0.1, 0.15) is 37.7 Å². The zero-order valence-electron chi connectivity index (χ0n) is 13.8. The maximum atomic E-state index is 14.8. The molecule has 0 amide bonds. The van der Waals surface area contributed by atoms with Crippen LogP contribution in [0.2, 0.25) is 5.02 Å². The van der Waals surface area contributed by atoms with E-state index in [0.29, 0.717) is 17.9 Å². The third-order valence-electron chi connectivity index (χ3n) is 5.35. The molecular formula is C19H17ClF2O3S. The van der Waals surface area contributed by atoms with Crippen molar-refractivity contribution in [2.24, 2.45) is 0 Å². The van der Waals surface area contributed by atoms with E-state index in [2.05, 4.69) is 0 Å². The minimum atomic E-state index is -3.99. The van der Waals surface area contributed by atoms with E-state index in [9.17, 15) is 17.2 Å². The first-order chi connectivity index (χ1) is 12.3. The molecule has 7 heteroatoms. The van der Waals surface area contributed by atoms with Gasteiger partial charge in [0, 0.05) is 11.4 Å². The third-order valence-corrected chi connectivity index (χ3v) is 8.10. The van der Waals surface area contributed by atoms with Gasteiger partial charge in [-0.1, -0.05) is 18.0 Å². The van der Waals surface area contributed by atoms with Gasteiger partial charge < -0.3 is 4.74 Å². The summed E-state index contributed by atoms with van der Waals surface area (Å²) in [4.78, 5) is 0.0547. The molecule has 2 aliphatic rings. The Hall–Kier alpha value is -1.66. The molecule has 0 aromatic heterocycles. The molecule has 2 bridgehead atoms. The largest absolute Gasteiger partial charge is 0.487 e. The zero-order valence-corrected chi connectivity index (χ0v) is 15.4. The second-order valence-corrected chi connectivity index (χ2v) is 9.57. The SMILES string of the molecule is O=S(=O)(c1ccc(Cl)cc1)[C@]12CCCC[C@H](C1)Oc1c(F)ccc(F)c12. The highest BCUT2D eigenvalue weighted by atomic mass is 35.5. The summed E-state index contributed by atoms with van der Waals surface area (Å²) in [5.74, 6) is -1.75. The van der Waals surface area contributed by atoms with Gasteiger partial charge in [0.05, 0.1) is 10.5 Å². The van der Waals surface area contributed by atoms with E-state index >= 15 is 0 Å². The van der Waals surface area contributed by atoms with Crippen LogP contribution >= 0.6 is 11.6 Å². The molecule has 1 heterocycles. The standard InChI is InChI=1S/C19H17ClF2O3S/c20-12-4-6-14(7-5-12)26(23,24)19-10-2-1-3-13(11-19)25-18-16(22)9-8-15(21)17(18)19/h4-9,13H,1-3,10-11H2/t13-,19-/m1/s1. The average Bonchev–Trinajstić information content (AvgIpc) is 2.78. The van der Waals surface area contributed by atoms with Gasteiger partial charge in [-0.15, -0.1) is 0 Å². The monoisotopic (exact) mass is 398 g/mol. The Bertz CT molecular complexity index is 959. The van der Waals surface area contributed by atoms with Crippen molar-refractivity contribution in [2.75, 3.05) is 0 Å². The molecule has 0 N–H and O–H groups in total. The maximum Gasteiger partial charge on any atom is 0.188 e. The van der Waals surface area contributed by atoms with Crippen LogP contribution in [0.15, 0.2) is 41.3 Å². The molecule has 2 atom stereocenters. The van der Waals surface area contributed by atoms with Crippen LogP contribution in [0.3, 0.4) is 0 Å². The summed E-state index contributed by atoms with van der Waals surface area (Å²) in [6.07, 6.45) is 1.86. The third kappa shape index (κ3) is 2.54. The fraction of sp³-hybridized carbons (Fsp3) is 0.368. The van der Waals surface area contributed by atoms with E-state index in [1.54, 1.807) is 0 Å². The predicted molar refractivity (Wildman–Crippen MR) is 94.2 cm³/mol. The molecule has 0 spiro atoms. The molecule has 0 saturated heterocycles. The molecule has 0 unspecified atom stereocenters. The zero-order chi connectivity index (χ0) is 18.5. The number of halogens is 3. The molecule has 1 aliphatic carbocycles. The maximum absolute atomic E-state index is 14.8. The fourth-order valence-corrected chi connectivity index (χ4v) is 6.49. The minimum Gasteiger partial charge on any atom is -0.487 e. The van der Waals surface area contributed by atoms with Gasteiger partial charge in [-0.3, -0.25) is 0 Å². The van der Waals surface area contributed by atoms with Gasteiger partial charge in [0.1, 0.15) is 16.7 Å². The fourth-order valence-electron chi connectivity index (χ4n) is 4.14. The quantitative estimate of drug-likeness (QED) is 0.714. The highest BCUT2D eigenvalue weighted by molar-refractivity contribution is 7.92. The van der Waals surface area contributed by atoms with Gasteiger partial charge in [0.2, 0.25) is 0 Å². The molecule has 3 nitrogen and oxygen atoms in total. The summed E-state index contributed by atoms with van der Waals surface area (Å²) >= 11 is 5.88. The summed E-state index contributed by atoms with van der Waals surface area (Å²) in [6, 6.07) is 7.76. The topological polar surface area (TPSA) is 43.4 Å². The van der Waals surface area contributed by atoms with Crippen molar-refractivity contribution in [2.45, 2.75) is 47.9 Å². The Balaban J connectivity index is 2.01. The summed E-state index contributed by atoms with van der Waals surface area (Å²) in [7, 11) is -3.99. The summed E-state index contributed by atoms with van der Waals surface area (Å²) in [5.41, 5.74) is -0.175. The molecule has 2 aromatic carbocycles. The number of hydrogen-bond donors (Lipinski definition) is 0. The second-order valence-electron chi connectivity index (χ2n) is 6.87. The van der Waals surface area contributed by atoms with Crippen LogP contribution < -0.4 is 4.74 Å². The molecule has 0 radical (unpaired) electrons. The number of hydrogen-bond acceptors (Lipinski definition) is 3. The van der Waals surface area contributed by atoms with Crippen LogP contribution in [0.4, 0.5) is 8.78 Å². The Labute approximate surface area is 155 Å². The van der Waals surface area contributed by atoms with Crippen molar-refractivity contribution in [1.29, 1.82) is 0 Å².